The molecule has 1 aromatic carbocycles. The van der Waals surface area contributed by atoms with E-state index in [1.807, 2.05) is 0 Å². The van der Waals surface area contributed by atoms with Crippen molar-refractivity contribution in [3.8, 4) is 5.75 Å². The van der Waals surface area contributed by atoms with Crippen molar-refractivity contribution < 1.29 is 23.8 Å². The van der Waals surface area contributed by atoms with Crippen LogP contribution < -0.4 is 10.1 Å². The first-order valence-corrected chi connectivity index (χ1v) is 8.91. The van der Waals surface area contributed by atoms with Gasteiger partial charge in [-0.1, -0.05) is 0 Å². The third-order valence-corrected chi connectivity index (χ3v) is 6.32. The SMILES string of the molecule is O=C(O)C12CCC(C(=O)NC3CCCOc4ccc(F)cc43)(CC1)C2. The summed E-state index contributed by atoms with van der Waals surface area (Å²) < 4.78 is 19.3. The zero-order valence-electron chi connectivity index (χ0n) is 14.0. The first-order valence-electron chi connectivity index (χ1n) is 8.91. The average Bonchev–Trinajstić information content (AvgIpc) is 3.12. The topological polar surface area (TPSA) is 75.6 Å². The Bertz CT molecular complexity index is 724. The van der Waals surface area contributed by atoms with Crippen LogP contribution in [0.25, 0.3) is 0 Å². The second-order valence-corrected chi connectivity index (χ2v) is 7.74. The Morgan fingerprint density at radius 2 is 1.92 bits per heavy atom. The van der Waals surface area contributed by atoms with Gasteiger partial charge in [0.15, 0.2) is 0 Å². The van der Waals surface area contributed by atoms with Crippen LogP contribution in [0.1, 0.15) is 56.6 Å². The predicted molar refractivity (Wildman–Crippen MR) is 87.6 cm³/mol. The lowest BCUT2D eigenvalue weighted by molar-refractivity contribution is -0.148. The summed E-state index contributed by atoms with van der Waals surface area (Å²) in [6.45, 7) is 0.540. The van der Waals surface area contributed by atoms with Crippen LogP contribution in [0.4, 0.5) is 4.39 Å². The molecule has 1 heterocycles. The summed E-state index contributed by atoms with van der Waals surface area (Å²) in [7, 11) is 0. The number of nitrogens with one attached hydrogen (secondary N) is 1. The zero-order valence-corrected chi connectivity index (χ0v) is 14.0. The van der Waals surface area contributed by atoms with Crippen LogP contribution in [0, 0.1) is 16.6 Å². The highest BCUT2D eigenvalue weighted by Crippen LogP contribution is 2.61. The van der Waals surface area contributed by atoms with Gasteiger partial charge in [-0.3, -0.25) is 9.59 Å². The summed E-state index contributed by atoms with van der Waals surface area (Å²) in [4.78, 5) is 24.6. The number of carboxylic acid groups (broad SMARTS) is 1. The maximum atomic E-state index is 13.7. The number of amides is 1. The van der Waals surface area contributed by atoms with E-state index in [-0.39, 0.29) is 17.8 Å². The smallest absolute Gasteiger partial charge is 0.309 e. The number of ether oxygens (including phenoxy) is 1. The van der Waals surface area contributed by atoms with Gasteiger partial charge in [-0.05, 0) is 63.1 Å². The van der Waals surface area contributed by atoms with Crippen LogP contribution in [0.2, 0.25) is 0 Å². The Balaban J connectivity index is 1.56. The van der Waals surface area contributed by atoms with E-state index in [4.69, 9.17) is 4.74 Å². The van der Waals surface area contributed by atoms with Gasteiger partial charge in [0.25, 0.3) is 0 Å². The van der Waals surface area contributed by atoms with Crippen molar-refractivity contribution in [3.05, 3.63) is 29.6 Å². The van der Waals surface area contributed by atoms with Gasteiger partial charge in [-0.15, -0.1) is 0 Å². The number of carbonyl (C=O) groups is 2. The number of fused-ring (bicyclic) bond motifs is 3. The van der Waals surface area contributed by atoms with Crippen molar-refractivity contribution in [1.82, 2.24) is 5.32 Å². The van der Waals surface area contributed by atoms with E-state index in [2.05, 4.69) is 5.32 Å². The Morgan fingerprint density at radius 3 is 2.60 bits per heavy atom. The van der Waals surface area contributed by atoms with E-state index in [0.717, 1.165) is 6.42 Å². The minimum atomic E-state index is -0.782. The molecule has 25 heavy (non-hydrogen) atoms. The van der Waals surface area contributed by atoms with Gasteiger partial charge in [-0.2, -0.15) is 0 Å². The van der Waals surface area contributed by atoms with Gasteiger partial charge in [-0.25, -0.2) is 4.39 Å². The molecular weight excluding hydrogens is 325 g/mol. The third-order valence-electron chi connectivity index (χ3n) is 6.32. The fraction of sp³-hybridized carbons (Fsp3) is 0.579. The van der Waals surface area contributed by atoms with Crippen molar-refractivity contribution >= 4 is 11.9 Å². The molecule has 2 aliphatic carbocycles. The molecule has 2 N–H and O–H groups in total. The largest absolute Gasteiger partial charge is 0.493 e. The Labute approximate surface area is 145 Å². The van der Waals surface area contributed by atoms with Gasteiger partial charge in [0.1, 0.15) is 11.6 Å². The lowest BCUT2D eigenvalue weighted by atomic mass is 9.81. The minimum Gasteiger partial charge on any atom is -0.493 e. The fourth-order valence-corrected chi connectivity index (χ4v) is 4.81. The number of carbonyl (C=O) groups excluding carboxylic acids is 1. The first-order chi connectivity index (χ1) is 11.9. The summed E-state index contributed by atoms with van der Waals surface area (Å²) in [5.41, 5.74) is -0.643. The van der Waals surface area contributed by atoms with Gasteiger partial charge in [0.2, 0.25) is 5.91 Å². The van der Waals surface area contributed by atoms with Crippen molar-refractivity contribution in [1.29, 1.82) is 0 Å². The molecule has 6 heteroatoms. The zero-order chi connectivity index (χ0) is 17.7. The second kappa shape index (κ2) is 5.71. The highest BCUT2D eigenvalue weighted by atomic mass is 19.1. The number of rotatable bonds is 3. The average molecular weight is 347 g/mol. The van der Waals surface area contributed by atoms with E-state index in [0.29, 0.717) is 56.4 Å². The summed E-state index contributed by atoms with van der Waals surface area (Å²) in [5.74, 6) is -0.613. The van der Waals surface area contributed by atoms with Crippen LogP contribution in [0.15, 0.2) is 18.2 Å². The molecule has 1 unspecified atom stereocenters. The number of hydrogen-bond donors (Lipinski definition) is 2. The highest BCUT2D eigenvalue weighted by Gasteiger charge is 2.61. The van der Waals surface area contributed by atoms with Crippen LogP contribution in [-0.2, 0) is 9.59 Å². The predicted octanol–water partition coefficient (Wildman–Crippen LogP) is 3.19. The Kier molecular flexibility index (Phi) is 3.74. The molecule has 1 aliphatic heterocycles. The Morgan fingerprint density at radius 1 is 1.20 bits per heavy atom. The summed E-state index contributed by atoms with van der Waals surface area (Å²) in [6.07, 6.45) is 4.23. The number of carboxylic acids is 1. The van der Waals surface area contributed by atoms with E-state index in [1.165, 1.54) is 12.1 Å². The standard InChI is InChI=1S/C19H22FNO4/c20-12-3-4-15-13(10-12)14(2-1-9-25-15)21-16(22)18-5-7-19(11-18,8-6-18)17(23)24/h3-4,10,14H,1-2,5-9,11H2,(H,21,22)(H,23,24). The molecule has 3 aliphatic rings. The molecule has 2 saturated carbocycles. The highest BCUT2D eigenvalue weighted by molar-refractivity contribution is 5.87. The third kappa shape index (κ3) is 2.58. The molecule has 1 aromatic rings. The number of benzene rings is 1. The molecule has 0 radical (unpaired) electrons. The van der Waals surface area contributed by atoms with Gasteiger partial charge < -0.3 is 15.2 Å². The maximum Gasteiger partial charge on any atom is 0.309 e. The Hall–Kier alpha value is -2.11. The monoisotopic (exact) mass is 347 g/mol. The molecule has 1 amide bonds. The molecule has 5 nitrogen and oxygen atoms in total. The van der Waals surface area contributed by atoms with Crippen molar-refractivity contribution in [2.75, 3.05) is 6.61 Å². The normalized spacial score (nSPS) is 33.2. The lowest BCUT2D eigenvalue weighted by Gasteiger charge is -2.28. The van der Waals surface area contributed by atoms with E-state index in [9.17, 15) is 19.1 Å². The van der Waals surface area contributed by atoms with Crippen LogP contribution >= 0.6 is 0 Å². The lowest BCUT2D eigenvalue weighted by Crippen LogP contribution is -2.40. The molecule has 0 spiro atoms. The molecule has 0 saturated heterocycles. The van der Waals surface area contributed by atoms with Crippen LogP contribution in [-0.4, -0.2) is 23.6 Å². The number of halogens is 1. The quantitative estimate of drug-likeness (QED) is 0.880. The molecular formula is C19H22FNO4. The van der Waals surface area contributed by atoms with Crippen molar-refractivity contribution in [3.63, 3.8) is 0 Å². The molecule has 1 atom stereocenters. The van der Waals surface area contributed by atoms with Crippen LogP contribution in [0.3, 0.4) is 0 Å². The van der Waals surface area contributed by atoms with Gasteiger partial charge >= 0.3 is 5.97 Å². The van der Waals surface area contributed by atoms with Gasteiger partial charge in [0.05, 0.1) is 23.5 Å². The van der Waals surface area contributed by atoms with Crippen molar-refractivity contribution in [2.45, 2.75) is 51.0 Å². The molecule has 4 rings (SSSR count). The maximum absolute atomic E-state index is 13.7. The summed E-state index contributed by atoms with van der Waals surface area (Å²) in [5, 5.41) is 12.6. The van der Waals surface area contributed by atoms with E-state index >= 15 is 0 Å². The summed E-state index contributed by atoms with van der Waals surface area (Å²) >= 11 is 0. The number of aliphatic carboxylic acids is 1. The minimum absolute atomic E-state index is 0.0877. The van der Waals surface area contributed by atoms with Crippen molar-refractivity contribution in [2.24, 2.45) is 10.8 Å². The van der Waals surface area contributed by atoms with Crippen LogP contribution in [0.5, 0.6) is 5.75 Å². The molecule has 2 fully saturated rings. The first kappa shape index (κ1) is 16.4. The molecule has 2 bridgehead atoms. The molecule has 134 valence electrons. The summed E-state index contributed by atoms with van der Waals surface area (Å²) in [6, 6.07) is 4.09. The van der Waals surface area contributed by atoms with E-state index in [1.54, 1.807) is 6.07 Å². The number of hydrogen-bond acceptors (Lipinski definition) is 3. The van der Waals surface area contributed by atoms with Gasteiger partial charge in [0, 0.05) is 5.56 Å². The fourth-order valence-electron chi connectivity index (χ4n) is 4.81. The molecule has 0 aromatic heterocycles. The second-order valence-electron chi connectivity index (χ2n) is 7.74. The van der Waals surface area contributed by atoms with E-state index < -0.39 is 16.8 Å².